The van der Waals surface area contributed by atoms with Crippen molar-refractivity contribution >= 4 is 5.97 Å². The second-order valence-electron chi connectivity index (χ2n) is 4.55. The third-order valence-corrected chi connectivity index (χ3v) is 3.33. The van der Waals surface area contributed by atoms with Gasteiger partial charge in [0.15, 0.2) is 0 Å². The molecule has 4 nitrogen and oxygen atoms in total. The van der Waals surface area contributed by atoms with Crippen LogP contribution in [-0.4, -0.2) is 35.9 Å². The molecule has 1 aliphatic heterocycles. The lowest BCUT2D eigenvalue weighted by Crippen LogP contribution is -2.30. The van der Waals surface area contributed by atoms with E-state index >= 15 is 0 Å². The third-order valence-electron chi connectivity index (χ3n) is 3.33. The molecule has 86 valence electrons. The van der Waals surface area contributed by atoms with E-state index in [9.17, 15) is 4.79 Å². The molecule has 15 heavy (non-hydrogen) atoms. The average Bonchev–Trinajstić information content (AvgIpc) is 2.68. The summed E-state index contributed by atoms with van der Waals surface area (Å²) in [6.45, 7) is 0.688. The number of aliphatic carboxylic acids is 1. The van der Waals surface area contributed by atoms with Gasteiger partial charge in [-0.15, -0.1) is 0 Å². The summed E-state index contributed by atoms with van der Waals surface area (Å²) in [4.78, 5) is 10.7. The second kappa shape index (κ2) is 4.94. The Morgan fingerprint density at radius 1 is 1.20 bits per heavy atom. The molecule has 1 aliphatic carbocycles. The molecule has 1 saturated heterocycles. The van der Waals surface area contributed by atoms with Gasteiger partial charge in [-0.3, -0.25) is 4.79 Å². The van der Waals surface area contributed by atoms with Crippen molar-refractivity contribution in [2.24, 2.45) is 0 Å². The predicted molar refractivity (Wildman–Crippen MR) is 55.8 cm³/mol. The quantitative estimate of drug-likeness (QED) is 0.738. The van der Waals surface area contributed by atoms with Gasteiger partial charge >= 0.3 is 5.97 Å². The van der Waals surface area contributed by atoms with Crippen molar-refractivity contribution in [3.63, 3.8) is 0 Å². The van der Waals surface area contributed by atoms with Crippen LogP contribution < -0.4 is 5.32 Å². The SMILES string of the molecule is O=C(O)[C@@H]1CC(OC2CCCCC2)CN1. The number of carboxylic acid groups (broad SMARTS) is 1. The van der Waals surface area contributed by atoms with Gasteiger partial charge in [0.2, 0.25) is 0 Å². The molecular formula is C11H19NO3. The Hall–Kier alpha value is -0.610. The molecule has 4 heteroatoms. The Morgan fingerprint density at radius 2 is 1.93 bits per heavy atom. The van der Waals surface area contributed by atoms with Crippen LogP contribution in [-0.2, 0) is 9.53 Å². The maximum Gasteiger partial charge on any atom is 0.320 e. The standard InChI is InChI=1S/C11H19NO3/c13-11(14)10-6-9(7-12-10)15-8-4-2-1-3-5-8/h8-10,12H,1-7H2,(H,13,14)/t9?,10-/m0/s1. The first-order chi connectivity index (χ1) is 7.25. The van der Waals surface area contributed by atoms with Crippen LogP contribution in [0.25, 0.3) is 0 Å². The fraction of sp³-hybridized carbons (Fsp3) is 0.909. The average molecular weight is 213 g/mol. The van der Waals surface area contributed by atoms with Crippen LogP contribution in [0, 0.1) is 0 Å². The molecule has 2 aliphatic rings. The molecule has 1 heterocycles. The minimum Gasteiger partial charge on any atom is -0.480 e. The van der Waals surface area contributed by atoms with Crippen LogP contribution in [0.5, 0.6) is 0 Å². The Labute approximate surface area is 90.0 Å². The predicted octanol–water partition coefficient (Wildman–Crippen LogP) is 1.15. The van der Waals surface area contributed by atoms with E-state index in [0.717, 1.165) is 12.8 Å². The van der Waals surface area contributed by atoms with Gasteiger partial charge in [0.1, 0.15) is 6.04 Å². The fourth-order valence-electron chi connectivity index (χ4n) is 2.47. The maximum atomic E-state index is 10.7. The minimum absolute atomic E-state index is 0.106. The van der Waals surface area contributed by atoms with Crippen molar-refractivity contribution in [1.29, 1.82) is 0 Å². The van der Waals surface area contributed by atoms with Gasteiger partial charge in [-0.25, -0.2) is 0 Å². The number of nitrogens with one attached hydrogen (secondary N) is 1. The van der Waals surface area contributed by atoms with Gasteiger partial charge in [0.05, 0.1) is 12.2 Å². The third kappa shape index (κ3) is 2.92. The van der Waals surface area contributed by atoms with Crippen LogP contribution in [0.15, 0.2) is 0 Å². The van der Waals surface area contributed by atoms with Gasteiger partial charge in [0.25, 0.3) is 0 Å². The summed E-state index contributed by atoms with van der Waals surface area (Å²) in [6.07, 6.45) is 7.22. The number of carboxylic acids is 1. The zero-order valence-electron chi connectivity index (χ0n) is 8.95. The van der Waals surface area contributed by atoms with Crippen molar-refractivity contribution in [1.82, 2.24) is 5.32 Å². The van der Waals surface area contributed by atoms with Gasteiger partial charge in [0, 0.05) is 13.0 Å². The van der Waals surface area contributed by atoms with E-state index in [2.05, 4.69) is 5.32 Å². The lowest BCUT2D eigenvalue weighted by molar-refractivity contribution is -0.139. The van der Waals surface area contributed by atoms with Crippen LogP contribution >= 0.6 is 0 Å². The molecule has 2 fully saturated rings. The molecule has 0 spiro atoms. The van der Waals surface area contributed by atoms with Crippen molar-refractivity contribution in [2.75, 3.05) is 6.54 Å². The maximum absolute atomic E-state index is 10.7. The highest BCUT2D eigenvalue weighted by Gasteiger charge is 2.31. The number of hydrogen-bond acceptors (Lipinski definition) is 3. The molecule has 0 aromatic rings. The highest BCUT2D eigenvalue weighted by molar-refractivity contribution is 5.73. The summed E-state index contributed by atoms with van der Waals surface area (Å²) >= 11 is 0. The second-order valence-corrected chi connectivity index (χ2v) is 4.55. The van der Waals surface area contributed by atoms with E-state index in [-0.39, 0.29) is 6.10 Å². The normalized spacial score (nSPS) is 33.1. The molecule has 0 aromatic carbocycles. The number of rotatable bonds is 3. The summed E-state index contributed by atoms with van der Waals surface area (Å²) in [7, 11) is 0. The Morgan fingerprint density at radius 3 is 2.53 bits per heavy atom. The van der Waals surface area contributed by atoms with Crippen molar-refractivity contribution in [2.45, 2.75) is 56.8 Å². The van der Waals surface area contributed by atoms with Crippen molar-refractivity contribution < 1.29 is 14.6 Å². The highest BCUT2D eigenvalue weighted by atomic mass is 16.5. The first-order valence-corrected chi connectivity index (χ1v) is 5.87. The fourth-order valence-corrected chi connectivity index (χ4v) is 2.47. The summed E-state index contributed by atoms with van der Waals surface area (Å²) < 4.78 is 5.91. The van der Waals surface area contributed by atoms with E-state index in [1.807, 2.05) is 0 Å². The first kappa shape index (κ1) is 10.9. The van der Waals surface area contributed by atoms with Gasteiger partial charge in [-0.2, -0.15) is 0 Å². The number of ether oxygens (including phenoxy) is 1. The molecule has 2 rings (SSSR count). The number of carbonyl (C=O) groups is 1. The number of hydrogen-bond donors (Lipinski definition) is 2. The van der Waals surface area contributed by atoms with Gasteiger partial charge < -0.3 is 15.2 Å². The van der Waals surface area contributed by atoms with Crippen molar-refractivity contribution in [3.8, 4) is 0 Å². The summed E-state index contributed by atoms with van der Waals surface area (Å²) in [5.74, 6) is -0.759. The van der Waals surface area contributed by atoms with E-state index < -0.39 is 12.0 Å². The molecule has 0 aromatic heterocycles. The Kier molecular flexibility index (Phi) is 3.59. The monoisotopic (exact) mass is 213 g/mol. The first-order valence-electron chi connectivity index (χ1n) is 5.87. The van der Waals surface area contributed by atoms with Crippen LogP contribution in [0.1, 0.15) is 38.5 Å². The highest BCUT2D eigenvalue weighted by Crippen LogP contribution is 2.23. The molecule has 0 amide bonds. The molecular weight excluding hydrogens is 194 g/mol. The van der Waals surface area contributed by atoms with Gasteiger partial charge in [-0.1, -0.05) is 19.3 Å². The summed E-state index contributed by atoms with van der Waals surface area (Å²) in [5.41, 5.74) is 0. The topological polar surface area (TPSA) is 58.6 Å². The zero-order valence-corrected chi connectivity index (χ0v) is 8.95. The van der Waals surface area contributed by atoms with Crippen LogP contribution in [0.4, 0.5) is 0 Å². The largest absolute Gasteiger partial charge is 0.480 e. The molecule has 1 unspecified atom stereocenters. The lowest BCUT2D eigenvalue weighted by Gasteiger charge is -2.25. The molecule has 2 atom stereocenters. The van der Waals surface area contributed by atoms with Crippen LogP contribution in [0.2, 0.25) is 0 Å². The van der Waals surface area contributed by atoms with Crippen LogP contribution in [0.3, 0.4) is 0 Å². The lowest BCUT2D eigenvalue weighted by atomic mass is 9.97. The molecule has 0 bridgehead atoms. The zero-order chi connectivity index (χ0) is 10.7. The molecule has 1 saturated carbocycles. The van der Waals surface area contributed by atoms with E-state index in [1.54, 1.807) is 0 Å². The van der Waals surface area contributed by atoms with Crippen molar-refractivity contribution in [3.05, 3.63) is 0 Å². The smallest absolute Gasteiger partial charge is 0.320 e. The summed E-state index contributed by atoms with van der Waals surface area (Å²) in [6, 6.07) is -0.404. The van der Waals surface area contributed by atoms with E-state index in [1.165, 1.54) is 19.3 Å². The Bertz CT molecular complexity index is 226. The van der Waals surface area contributed by atoms with E-state index in [0.29, 0.717) is 19.1 Å². The minimum atomic E-state index is -0.759. The molecule has 2 N–H and O–H groups in total. The van der Waals surface area contributed by atoms with E-state index in [4.69, 9.17) is 9.84 Å². The Balaban J connectivity index is 1.74. The molecule has 0 radical (unpaired) electrons. The van der Waals surface area contributed by atoms with Gasteiger partial charge in [-0.05, 0) is 12.8 Å². The summed E-state index contributed by atoms with van der Waals surface area (Å²) in [5, 5.41) is 11.8.